The normalized spacial score (nSPS) is 15.1. The number of nitrogens with zero attached hydrogens (tertiary/aromatic N) is 4. The summed E-state index contributed by atoms with van der Waals surface area (Å²) in [5, 5.41) is 0. The third kappa shape index (κ3) is 4.66. The smallest absolute Gasteiger partial charge is 0.225 e. The molecular formula is C22H29FN4O. The van der Waals surface area contributed by atoms with Crippen molar-refractivity contribution in [1.29, 1.82) is 0 Å². The van der Waals surface area contributed by atoms with Crippen LogP contribution in [0.1, 0.15) is 42.9 Å². The van der Waals surface area contributed by atoms with E-state index in [0.29, 0.717) is 13.0 Å². The maximum absolute atomic E-state index is 13.6. The Balaban J connectivity index is 1.87. The summed E-state index contributed by atoms with van der Waals surface area (Å²) in [4.78, 5) is 25.9. The SMILES string of the molecule is Cc1nc(C)c(Cc2cccc(F)c2)c(N2CCCN(C(=O)C(C)C)CC2)n1. The van der Waals surface area contributed by atoms with Crippen molar-refractivity contribution in [2.75, 3.05) is 31.1 Å². The summed E-state index contributed by atoms with van der Waals surface area (Å²) in [5.74, 6) is 1.63. The van der Waals surface area contributed by atoms with E-state index in [2.05, 4.69) is 9.88 Å². The lowest BCUT2D eigenvalue weighted by atomic mass is 10.0. The van der Waals surface area contributed by atoms with Crippen LogP contribution in [0.25, 0.3) is 0 Å². The van der Waals surface area contributed by atoms with Gasteiger partial charge in [-0.1, -0.05) is 26.0 Å². The minimum absolute atomic E-state index is 0.0126. The summed E-state index contributed by atoms with van der Waals surface area (Å²) < 4.78 is 13.6. The number of aromatic nitrogens is 2. The molecule has 0 radical (unpaired) electrons. The molecule has 150 valence electrons. The van der Waals surface area contributed by atoms with Crippen LogP contribution < -0.4 is 4.90 Å². The van der Waals surface area contributed by atoms with Crippen molar-refractivity contribution in [1.82, 2.24) is 14.9 Å². The Morgan fingerprint density at radius 2 is 1.93 bits per heavy atom. The first-order chi connectivity index (χ1) is 13.3. The van der Waals surface area contributed by atoms with Crippen LogP contribution in [0.4, 0.5) is 10.2 Å². The number of aryl methyl sites for hydroxylation is 2. The van der Waals surface area contributed by atoms with E-state index in [0.717, 1.165) is 54.5 Å². The highest BCUT2D eigenvalue weighted by molar-refractivity contribution is 5.78. The highest BCUT2D eigenvalue weighted by Gasteiger charge is 2.24. The topological polar surface area (TPSA) is 49.3 Å². The highest BCUT2D eigenvalue weighted by Crippen LogP contribution is 2.25. The molecule has 1 saturated heterocycles. The van der Waals surface area contributed by atoms with Crippen molar-refractivity contribution < 1.29 is 9.18 Å². The second-order valence-electron chi connectivity index (χ2n) is 7.79. The molecule has 1 amide bonds. The Labute approximate surface area is 166 Å². The number of rotatable bonds is 4. The van der Waals surface area contributed by atoms with Gasteiger partial charge in [0.05, 0.1) is 0 Å². The molecule has 1 aromatic carbocycles. The molecule has 1 fully saturated rings. The molecule has 0 unspecified atom stereocenters. The maximum atomic E-state index is 13.6. The fraction of sp³-hybridized carbons (Fsp3) is 0.500. The molecule has 0 saturated carbocycles. The Bertz CT molecular complexity index is 852. The summed E-state index contributed by atoms with van der Waals surface area (Å²) in [6, 6.07) is 6.68. The van der Waals surface area contributed by atoms with Gasteiger partial charge in [0, 0.05) is 49.8 Å². The molecule has 6 heteroatoms. The monoisotopic (exact) mass is 384 g/mol. The van der Waals surface area contributed by atoms with E-state index >= 15 is 0 Å². The van der Waals surface area contributed by atoms with Crippen molar-refractivity contribution in [3.8, 4) is 0 Å². The highest BCUT2D eigenvalue weighted by atomic mass is 19.1. The van der Waals surface area contributed by atoms with Gasteiger partial charge in [0.15, 0.2) is 0 Å². The molecule has 3 rings (SSSR count). The van der Waals surface area contributed by atoms with Gasteiger partial charge in [-0.3, -0.25) is 4.79 Å². The third-order valence-corrected chi connectivity index (χ3v) is 5.17. The zero-order valence-electron chi connectivity index (χ0n) is 17.2. The Morgan fingerprint density at radius 3 is 2.64 bits per heavy atom. The van der Waals surface area contributed by atoms with Crippen LogP contribution >= 0.6 is 0 Å². The second kappa shape index (κ2) is 8.67. The van der Waals surface area contributed by atoms with Crippen LogP contribution in [0.2, 0.25) is 0 Å². The number of carbonyl (C=O) groups excluding carboxylic acids is 1. The van der Waals surface area contributed by atoms with Gasteiger partial charge in [0.1, 0.15) is 17.5 Å². The van der Waals surface area contributed by atoms with Crippen molar-refractivity contribution >= 4 is 11.7 Å². The maximum Gasteiger partial charge on any atom is 0.225 e. The van der Waals surface area contributed by atoms with Gasteiger partial charge < -0.3 is 9.80 Å². The van der Waals surface area contributed by atoms with E-state index in [-0.39, 0.29) is 17.6 Å². The summed E-state index contributed by atoms with van der Waals surface area (Å²) in [6.45, 7) is 10.8. The van der Waals surface area contributed by atoms with E-state index in [4.69, 9.17) is 4.98 Å². The predicted octanol–water partition coefficient (Wildman–Crippen LogP) is 3.52. The zero-order valence-corrected chi connectivity index (χ0v) is 17.2. The molecule has 2 heterocycles. The molecular weight excluding hydrogens is 355 g/mol. The summed E-state index contributed by atoms with van der Waals surface area (Å²) in [6.07, 6.45) is 1.49. The number of carbonyl (C=O) groups is 1. The van der Waals surface area contributed by atoms with Gasteiger partial charge in [-0.15, -0.1) is 0 Å². The number of benzene rings is 1. The Hall–Kier alpha value is -2.50. The van der Waals surface area contributed by atoms with Crippen LogP contribution in [0.5, 0.6) is 0 Å². The molecule has 1 aliphatic heterocycles. The molecule has 28 heavy (non-hydrogen) atoms. The molecule has 0 bridgehead atoms. The first-order valence-corrected chi connectivity index (χ1v) is 9.97. The predicted molar refractivity (Wildman–Crippen MR) is 109 cm³/mol. The van der Waals surface area contributed by atoms with E-state index in [1.54, 1.807) is 12.1 Å². The van der Waals surface area contributed by atoms with Gasteiger partial charge in [0.2, 0.25) is 5.91 Å². The number of hydrogen-bond donors (Lipinski definition) is 0. The van der Waals surface area contributed by atoms with Crippen molar-refractivity contribution in [2.24, 2.45) is 5.92 Å². The van der Waals surface area contributed by atoms with Crippen LogP contribution in [0.15, 0.2) is 24.3 Å². The number of hydrogen-bond acceptors (Lipinski definition) is 4. The second-order valence-corrected chi connectivity index (χ2v) is 7.79. The summed E-state index contributed by atoms with van der Waals surface area (Å²) in [5.41, 5.74) is 2.86. The van der Waals surface area contributed by atoms with Crippen molar-refractivity contribution in [3.05, 3.63) is 52.7 Å². The summed E-state index contributed by atoms with van der Waals surface area (Å²) in [7, 11) is 0. The average Bonchev–Trinajstić information content (AvgIpc) is 2.89. The van der Waals surface area contributed by atoms with Gasteiger partial charge in [0.25, 0.3) is 0 Å². The number of amides is 1. The van der Waals surface area contributed by atoms with E-state index in [1.807, 2.05) is 38.7 Å². The molecule has 5 nitrogen and oxygen atoms in total. The lowest BCUT2D eigenvalue weighted by Gasteiger charge is -2.26. The van der Waals surface area contributed by atoms with E-state index in [9.17, 15) is 9.18 Å². The number of halogens is 1. The fourth-order valence-corrected chi connectivity index (χ4v) is 3.75. The van der Waals surface area contributed by atoms with Crippen LogP contribution in [-0.2, 0) is 11.2 Å². The molecule has 0 N–H and O–H groups in total. The Kier molecular flexibility index (Phi) is 6.27. The fourth-order valence-electron chi connectivity index (χ4n) is 3.75. The molecule has 0 aliphatic carbocycles. The van der Waals surface area contributed by atoms with Gasteiger partial charge in [-0.2, -0.15) is 0 Å². The first kappa shape index (κ1) is 20.2. The molecule has 1 aromatic heterocycles. The van der Waals surface area contributed by atoms with Crippen molar-refractivity contribution in [2.45, 2.75) is 40.5 Å². The van der Waals surface area contributed by atoms with Gasteiger partial charge >= 0.3 is 0 Å². The minimum Gasteiger partial charge on any atom is -0.354 e. The summed E-state index contributed by atoms with van der Waals surface area (Å²) >= 11 is 0. The Morgan fingerprint density at radius 1 is 1.14 bits per heavy atom. The first-order valence-electron chi connectivity index (χ1n) is 9.97. The lowest BCUT2D eigenvalue weighted by Crippen LogP contribution is -2.37. The minimum atomic E-state index is -0.234. The third-order valence-electron chi connectivity index (χ3n) is 5.17. The van der Waals surface area contributed by atoms with Gasteiger partial charge in [-0.25, -0.2) is 14.4 Å². The molecule has 0 atom stereocenters. The average molecular weight is 384 g/mol. The van der Waals surface area contributed by atoms with E-state index < -0.39 is 0 Å². The van der Waals surface area contributed by atoms with Crippen LogP contribution in [0, 0.1) is 25.6 Å². The van der Waals surface area contributed by atoms with Crippen LogP contribution in [0.3, 0.4) is 0 Å². The standard InChI is InChI=1S/C22H29FN4O/c1-15(2)22(28)27-10-6-9-26(11-12-27)21-20(16(3)24-17(4)25-21)14-18-7-5-8-19(23)13-18/h5,7-8,13,15H,6,9-12,14H2,1-4H3. The lowest BCUT2D eigenvalue weighted by molar-refractivity contribution is -0.134. The van der Waals surface area contributed by atoms with Crippen LogP contribution in [-0.4, -0.2) is 47.0 Å². The number of anilines is 1. The molecule has 1 aliphatic rings. The van der Waals surface area contributed by atoms with E-state index in [1.165, 1.54) is 6.07 Å². The molecule has 0 spiro atoms. The van der Waals surface area contributed by atoms with Crippen molar-refractivity contribution in [3.63, 3.8) is 0 Å². The van der Waals surface area contributed by atoms with Gasteiger partial charge in [-0.05, 0) is 38.0 Å². The zero-order chi connectivity index (χ0) is 20.3. The molecule has 2 aromatic rings. The largest absolute Gasteiger partial charge is 0.354 e. The quantitative estimate of drug-likeness (QED) is 0.809.